The van der Waals surface area contributed by atoms with E-state index in [1.54, 1.807) is 13.4 Å². The zero-order chi connectivity index (χ0) is 11.3. The van der Waals surface area contributed by atoms with Crippen molar-refractivity contribution in [3.05, 3.63) is 24.2 Å². The number of nitrogens with one attached hydrogen (secondary N) is 1. The first-order valence-corrected chi connectivity index (χ1v) is 5.11. The molecular formula is C11H20N2O2. The van der Waals surface area contributed by atoms with Crippen LogP contribution in [0.25, 0.3) is 0 Å². The van der Waals surface area contributed by atoms with E-state index < -0.39 is 0 Å². The number of ether oxygens (including phenoxy) is 1. The van der Waals surface area contributed by atoms with Crippen LogP contribution in [0.2, 0.25) is 0 Å². The van der Waals surface area contributed by atoms with Gasteiger partial charge in [0, 0.05) is 19.6 Å². The first-order chi connectivity index (χ1) is 7.07. The average Bonchev–Trinajstić information content (AvgIpc) is 2.69. The molecule has 0 radical (unpaired) electrons. The topological polar surface area (TPSA) is 60.4 Å². The van der Waals surface area contributed by atoms with Crippen LogP contribution in [-0.2, 0) is 11.2 Å². The number of methoxy groups -OCH3 is 1. The van der Waals surface area contributed by atoms with Crippen LogP contribution in [0.3, 0.4) is 0 Å². The fourth-order valence-corrected chi connectivity index (χ4v) is 1.54. The molecule has 0 aliphatic rings. The van der Waals surface area contributed by atoms with Crippen LogP contribution in [-0.4, -0.2) is 18.8 Å². The number of hydrazine groups is 1. The van der Waals surface area contributed by atoms with E-state index in [1.807, 2.05) is 26.0 Å². The number of rotatable bonds is 6. The highest BCUT2D eigenvalue weighted by molar-refractivity contribution is 5.01. The minimum absolute atomic E-state index is 0.158. The normalized spacial score (nSPS) is 14.1. The van der Waals surface area contributed by atoms with Crippen molar-refractivity contribution >= 4 is 0 Å². The second-order valence-electron chi connectivity index (χ2n) is 4.32. The monoisotopic (exact) mass is 212 g/mol. The fourth-order valence-electron chi connectivity index (χ4n) is 1.54. The van der Waals surface area contributed by atoms with Gasteiger partial charge in [-0.05, 0) is 32.4 Å². The lowest BCUT2D eigenvalue weighted by Gasteiger charge is -2.27. The average molecular weight is 212 g/mol. The van der Waals surface area contributed by atoms with E-state index in [0.717, 1.165) is 18.6 Å². The van der Waals surface area contributed by atoms with Crippen molar-refractivity contribution in [3.63, 3.8) is 0 Å². The van der Waals surface area contributed by atoms with Crippen molar-refractivity contribution in [1.29, 1.82) is 0 Å². The van der Waals surface area contributed by atoms with Gasteiger partial charge < -0.3 is 9.15 Å². The summed E-state index contributed by atoms with van der Waals surface area (Å²) in [6.45, 7) is 4.08. The number of nitrogens with two attached hydrogens (primary N) is 1. The maximum Gasteiger partial charge on any atom is 0.105 e. The third-order valence-corrected chi connectivity index (χ3v) is 2.55. The molecule has 1 heterocycles. The molecule has 1 atom stereocenters. The van der Waals surface area contributed by atoms with Crippen LogP contribution in [0.15, 0.2) is 22.8 Å². The van der Waals surface area contributed by atoms with Gasteiger partial charge in [-0.15, -0.1) is 0 Å². The highest BCUT2D eigenvalue weighted by atomic mass is 16.5. The number of furan rings is 1. The van der Waals surface area contributed by atoms with Gasteiger partial charge in [-0.25, -0.2) is 0 Å². The maximum atomic E-state index is 5.50. The summed E-state index contributed by atoms with van der Waals surface area (Å²) in [6.07, 6.45) is 3.28. The number of hydrogen-bond acceptors (Lipinski definition) is 4. The third-order valence-electron chi connectivity index (χ3n) is 2.55. The van der Waals surface area contributed by atoms with E-state index in [-0.39, 0.29) is 11.6 Å². The van der Waals surface area contributed by atoms with E-state index in [2.05, 4.69) is 5.43 Å². The van der Waals surface area contributed by atoms with Crippen molar-refractivity contribution in [2.45, 2.75) is 38.3 Å². The Bertz CT molecular complexity index is 270. The Morgan fingerprint density at radius 3 is 2.80 bits per heavy atom. The van der Waals surface area contributed by atoms with Crippen molar-refractivity contribution < 1.29 is 9.15 Å². The molecule has 1 rings (SSSR count). The van der Waals surface area contributed by atoms with E-state index >= 15 is 0 Å². The van der Waals surface area contributed by atoms with E-state index in [4.69, 9.17) is 15.0 Å². The molecule has 1 aromatic rings. The maximum absolute atomic E-state index is 5.50. The van der Waals surface area contributed by atoms with Gasteiger partial charge in [0.05, 0.1) is 11.9 Å². The lowest BCUT2D eigenvalue weighted by molar-refractivity contribution is 0.00675. The molecule has 0 aliphatic heterocycles. The van der Waals surface area contributed by atoms with Gasteiger partial charge in [-0.3, -0.25) is 11.3 Å². The zero-order valence-corrected chi connectivity index (χ0v) is 9.62. The molecule has 1 unspecified atom stereocenters. The summed E-state index contributed by atoms with van der Waals surface area (Å²) in [5.41, 5.74) is 2.61. The summed E-state index contributed by atoms with van der Waals surface area (Å²) < 4.78 is 10.6. The van der Waals surface area contributed by atoms with Crippen molar-refractivity contribution in [2.75, 3.05) is 7.11 Å². The summed E-state index contributed by atoms with van der Waals surface area (Å²) in [5, 5.41) is 0. The minimum atomic E-state index is -0.177. The Hall–Kier alpha value is -0.840. The second kappa shape index (κ2) is 5.30. The summed E-state index contributed by atoms with van der Waals surface area (Å²) in [4.78, 5) is 0. The third kappa shape index (κ3) is 4.03. The van der Waals surface area contributed by atoms with Crippen LogP contribution in [0.4, 0.5) is 0 Å². The van der Waals surface area contributed by atoms with Gasteiger partial charge in [-0.2, -0.15) is 0 Å². The van der Waals surface area contributed by atoms with Crippen LogP contribution in [0.5, 0.6) is 0 Å². The molecule has 4 nitrogen and oxygen atoms in total. The Kier molecular flexibility index (Phi) is 4.32. The molecule has 3 N–H and O–H groups in total. The molecule has 0 spiro atoms. The fraction of sp³-hybridized carbons (Fsp3) is 0.636. The first kappa shape index (κ1) is 12.2. The second-order valence-corrected chi connectivity index (χ2v) is 4.32. The van der Waals surface area contributed by atoms with Gasteiger partial charge >= 0.3 is 0 Å². The van der Waals surface area contributed by atoms with Crippen molar-refractivity contribution in [1.82, 2.24) is 5.43 Å². The minimum Gasteiger partial charge on any atom is -0.469 e. The summed E-state index contributed by atoms with van der Waals surface area (Å²) in [6, 6.07) is 3.99. The van der Waals surface area contributed by atoms with Crippen molar-refractivity contribution in [2.24, 2.45) is 5.84 Å². The summed E-state index contributed by atoms with van der Waals surface area (Å²) in [7, 11) is 1.71. The molecule has 0 amide bonds. The predicted octanol–water partition coefficient (Wildman–Crippen LogP) is 1.47. The molecule has 0 aliphatic carbocycles. The van der Waals surface area contributed by atoms with Gasteiger partial charge in [0.15, 0.2) is 0 Å². The van der Waals surface area contributed by atoms with E-state index in [1.165, 1.54) is 0 Å². The Morgan fingerprint density at radius 2 is 2.33 bits per heavy atom. The largest absolute Gasteiger partial charge is 0.469 e. The highest BCUT2D eigenvalue weighted by Crippen LogP contribution is 2.17. The van der Waals surface area contributed by atoms with Crippen LogP contribution in [0.1, 0.15) is 26.0 Å². The lowest BCUT2D eigenvalue weighted by Crippen LogP contribution is -2.42. The Morgan fingerprint density at radius 1 is 1.60 bits per heavy atom. The van der Waals surface area contributed by atoms with Gasteiger partial charge in [-0.1, -0.05) is 0 Å². The van der Waals surface area contributed by atoms with Gasteiger partial charge in [0.1, 0.15) is 5.76 Å². The summed E-state index contributed by atoms with van der Waals surface area (Å²) in [5.74, 6) is 6.44. The molecule has 0 fully saturated rings. The first-order valence-electron chi connectivity index (χ1n) is 5.11. The molecule has 15 heavy (non-hydrogen) atoms. The lowest BCUT2D eigenvalue weighted by atomic mass is 9.96. The van der Waals surface area contributed by atoms with Crippen LogP contribution < -0.4 is 11.3 Å². The Labute approximate surface area is 90.8 Å². The molecule has 0 saturated carbocycles. The Balaban J connectivity index is 2.50. The van der Waals surface area contributed by atoms with Gasteiger partial charge in [0.25, 0.3) is 0 Å². The van der Waals surface area contributed by atoms with Gasteiger partial charge in [0.2, 0.25) is 0 Å². The smallest absolute Gasteiger partial charge is 0.105 e. The number of hydrogen-bond donors (Lipinski definition) is 2. The molecular weight excluding hydrogens is 192 g/mol. The van der Waals surface area contributed by atoms with E-state index in [0.29, 0.717) is 0 Å². The standard InChI is InChI=1S/C11H20N2O2/c1-11(2,14-3)8-9(13-12)7-10-5-4-6-15-10/h4-6,9,13H,7-8,12H2,1-3H3. The van der Waals surface area contributed by atoms with Crippen molar-refractivity contribution in [3.8, 4) is 0 Å². The molecule has 86 valence electrons. The SMILES string of the molecule is COC(C)(C)CC(Cc1ccco1)NN. The molecule has 4 heteroatoms. The molecule has 0 saturated heterocycles. The molecule has 1 aromatic heterocycles. The van der Waals surface area contributed by atoms with Crippen LogP contribution in [0, 0.1) is 0 Å². The highest BCUT2D eigenvalue weighted by Gasteiger charge is 2.22. The zero-order valence-electron chi connectivity index (χ0n) is 9.62. The molecule has 0 aromatic carbocycles. The van der Waals surface area contributed by atoms with E-state index in [9.17, 15) is 0 Å². The predicted molar refractivity (Wildman–Crippen MR) is 59.2 cm³/mol. The summed E-state index contributed by atoms with van der Waals surface area (Å²) >= 11 is 0. The quantitative estimate of drug-likeness (QED) is 0.553. The van der Waals surface area contributed by atoms with Crippen LogP contribution >= 0.6 is 0 Å². The molecule has 0 bridgehead atoms.